The van der Waals surface area contributed by atoms with E-state index in [4.69, 9.17) is 9.47 Å². The molecule has 1 aliphatic heterocycles. The zero-order valence-electron chi connectivity index (χ0n) is 12.3. The maximum Gasteiger partial charge on any atom is 0.251 e. The summed E-state index contributed by atoms with van der Waals surface area (Å²) in [4.78, 5) is 12.4. The molecule has 0 unspecified atom stereocenters. The van der Waals surface area contributed by atoms with Crippen LogP contribution in [0.25, 0.3) is 0 Å². The highest BCUT2D eigenvalue weighted by atomic mass is 16.5. The minimum Gasteiger partial charge on any atom is -0.493 e. The van der Waals surface area contributed by atoms with Gasteiger partial charge in [-0.15, -0.1) is 0 Å². The Hall–Kier alpha value is -1.75. The lowest BCUT2D eigenvalue weighted by Crippen LogP contribution is -2.42. The van der Waals surface area contributed by atoms with Gasteiger partial charge in [-0.2, -0.15) is 0 Å². The molecule has 2 N–H and O–H groups in total. The number of methoxy groups -OCH3 is 2. The topological polar surface area (TPSA) is 59.6 Å². The second-order valence-corrected chi connectivity index (χ2v) is 5.02. The Balaban J connectivity index is 2.16. The Morgan fingerprint density at radius 1 is 1.20 bits per heavy atom. The lowest BCUT2D eigenvalue weighted by Gasteiger charge is -2.24. The Kier molecular flexibility index (Phi) is 4.84. The molecule has 1 aliphatic rings. The van der Waals surface area contributed by atoms with Crippen LogP contribution in [0.2, 0.25) is 0 Å². The molecule has 2 rings (SSSR count). The van der Waals surface area contributed by atoms with Gasteiger partial charge in [-0.05, 0) is 50.6 Å². The Morgan fingerprint density at radius 2 is 1.80 bits per heavy atom. The summed E-state index contributed by atoms with van der Waals surface area (Å²) >= 11 is 0. The molecule has 0 saturated carbocycles. The van der Waals surface area contributed by atoms with E-state index in [2.05, 4.69) is 10.6 Å². The van der Waals surface area contributed by atoms with Crippen molar-refractivity contribution in [2.24, 2.45) is 0 Å². The number of rotatable bonds is 4. The monoisotopic (exact) mass is 278 g/mol. The van der Waals surface area contributed by atoms with Crippen LogP contribution in [0, 0.1) is 6.92 Å². The van der Waals surface area contributed by atoms with Crippen molar-refractivity contribution in [2.45, 2.75) is 25.8 Å². The van der Waals surface area contributed by atoms with Crippen LogP contribution in [0.5, 0.6) is 11.5 Å². The summed E-state index contributed by atoms with van der Waals surface area (Å²) in [7, 11) is 3.16. The number of carbonyl (C=O) groups is 1. The molecule has 110 valence electrons. The van der Waals surface area contributed by atoms with Gasteiger partial charge >= 0.3 is 0 Å². The van der Waals surface area contributed by atoms with Gasteiger partial charge in [-0.25, -0.2) is 0 Å². The molecule has 1 heterocycles. The van der Waals surface area contributed by atoms with Crippen LogP contribution in [0.3, 0.4) is 0 Å². The normalized spacial score (nSPS) is 15.8. The van der Waals surface area contributed by atoms with E-state index in [1.807, 2.05) is 13.0 Å². The summed E-state index contributed by atoms with van der Waals surface area (Å²) in [5.74, 6) is 1.17. The van der Waals surface area contributed by atoms with Crippen molar-refractivity contribution in [3.05, 3.63) is 23.3 Å². The van der Waals surface area contributed by atoms with Crippen LogP contribution in [-0.4, -0.2) is 39.3 Å². The first-order valence-electron chi connectivity index (χ1n) is 6.90. The zero-order chi connectivity index (χ0) is 14.5. The molecule has 0 atom stereocenters. The van der Waals surface area contributed by atoms with Crippen molar-refractivity contribution >= 4 is 5.91 Å². The number of nitrogens with one attached hydrogen (secondary N) is 2. The lowest BCUT2D eigenvalue weighted by molar-refractivity contribution is 0.0928. The van der Waals surface area contributed by atoms with Gasteiger partial charge in [0.05, 0.1) is 14.2 Å². The molecule has 0 aliphatic carbocycles. The number of carbonyl (C=O) groups excluding carboxylic acids is 1. The average Bonchev–Trinajstić information content (AvgIpc) is 2.47. The molecule has 1 amide bonds. The standard InChI is InChI=1S/C15H22N2O3/c1-10-8-13(19-2)14(20-3)9-12(10)15(18)17-11-4-6-16-7-5-11/h8-9,11,16H,4-7H2,1-3H3,(H,17,18). The fourth-order valence-corrected chi connectivity index (χ4v) is 2.45. The molecule has 1 aromatic rings. The molecule has 0 aromatic heterocycles. The maximum atomic E-state index is 12.4. The number of hydrogen-bond acceptors (Lipinski definition) is 4. The summed E-state index contributed by atoms with van der Waals surface area (Å²) in [5.41, 5.74) is 1.52. The van der Waals surface area contributed by atoms with E-state index in [0.29, 0.717) is 17.1 Å². The van der Waals surface area contributed by atoms with Crippen LogP contribution >= 0.6 is 0 Å². The fourth-order valence-electron chi connectivity index (χ4n) is 2.45. The smallest absolute Gasteiger partial charge is 0.251 e. The highest BCUT2D eigenvalue weighted by molar-refractivity contribution is 5.96. The molecule has 0 bridgehead atoms. The third kappa shape index (κ3) is 3.22. The number of benzene rings is 1. The van der Waals surface area contributed by atoms with Crippen LogP contribution in [-0.2, 0) is 0 Å². The molecule has 5 nitrogen and oxygen atoms in total. The largest absolute Gasteiger partial charge is 0.493 e. The predicted molar refractivity (Wildman–Crippen MR) is 77.6 cm³/mol. The zero-order valence-corrected chi connectivity index (χ0v) is 12.3. The van der Waals surface area contributed by atoms with E-state index in [0.717, 1.165) is 31.5 Å². The first-order chi connectivity index (χ1) is 9.65. The van der Waals surface area contributed by atoms with Gasteiger partial charge in [0, 0.05) is 11.6 Å². The minimum atomic E-state index is -0.0460. The highest BCUT2D eigenvalue weighted by Gasteiger charge is 2.19. The SMILES string of the molecule is COc1cc(C)c(C(=O)NC2CCNCC2)cc1OC. The van der Waals surface area contributed by atoms with E-state index in [1.54, 1.807) is 20.3 Å². The summed E-state index contributed by atoms with van der Waals surface area (Å²) in [6, 6.07) is 3.82. The molecule has 1 aromatic carbocycles. The van der Waals surface area contributed by atoms with Gasteiger partial charge in [-0.3, -0.25) is 4.79 Å². The molecule has 0 radical (unpaired) electrons. The molecule has 1 fully saturated rings. The van der Waals surface area contributed by atoms with E-state index in [1.165, 1.54) is 0 Å². The first kappa shape index (κ1) is 14.7. The molecular formula is C15H22N2O3. The quantitative estimate of drug-likeness (QED) is 0.876. The molecular weight excluding hydrogens is 256 g/mol. The second kappa shape index (κ2) is 6.61. The van der Waals surface area contributed by atoms with Crippen LogP contribution < -0.4 is 20.1 Å². The van der Waals surface area contributed by atoms with Gasteiger partial charge in [0.1, 0.15) is 0 Å². The van der Waals surface area contributed by atoms with Crippen LogP contribution in [0.15, 0.2) is 12.1 Å². The first-order valence-corrected chi connectivity index (χ1v) is 6.90. The van der Waals surface area contributed by atoms with Crippen LogP contribution in [0.1, 0.15) is 28.8 Å². The number of piperidine rings is 1. The Bertz CT molecular complexity index is 482. The van der Waals surface area contributed by atoms with Crippen molar-refractivity contribution in [1.82, 2.24) is 10.6 Å². The van der Waals surface area contributed by atoms with Gasteiger partial charge in [-0.1, -0.05) is 0 Å². The second-order valence-electron chi connectivity index (χ2n) is 5.02. The highest BCUT2D eigenvalue weighted by Crippen LogP contribution is 2.30. The van der Waals surface area contributed by atoms with Gasteiger partial charge < -0.3 is 20.1 Å². The Labute approximate surface area is 119 Å². The van der Waals surface area contributed by atoms with Crippen molar-refractivity contribution in [3.8, 4) is 11.5 Å². The molecule has 0 spiro atoms. The van der Waals surface area contributed by atoms with Crippen molar-refractivity contribution in [1.29, 1.82) is 0 Å². The van der Waals surface area contributed by atoms with Gasteiger partial charge in [0.25, 0.3) is 5.91 Å². The third-order valence-electron chi connectivity index (χ3n) is 3.65. The fraction of sp³-hybridized carbons (Fsp3) is 0.533. The van der Waals surface area contributed by atoms with Crippen LogP contribution in [0.4, 0.5) is 0 Å². The minimum absolute atomic E-state index is 0.0460. The summed E-state index contributed by atoms with van der Waals surface area (Å²) in [5, 5.41) is 6.37. The van der Waals surface area contributed by atoms with Gasteiger partial charge in [0.15, 0.2) is 11.5 Å². The third-order valence-corrected chi connectivity index (χ3v) is 3.65. The maximum absolute atomic E-state index is 12.4. The number of ether oxygens (including phenoxy) is 2. The summed E-state index contributed by atoms with van der Waals surface area (Å²) < 4.78 is 10.5. The molecule has 1 saturated heterocycles. The summed E-state index contributed by atoms with van der Waals surface area (Å²) in [6.07, 6.45) is 1.94. The van der Waals surface area contributed by atoms with Gasteiger partial charge in [0.2, 0.25) is 0 Å². The van der Waals surface area contributed by atoms with Crippen molar-refractivity contribution < 1.29 is 14.3 Å². The number of hydrogen-bond donors (Lipinski definition) is 2. The molecule has 5 heteroatoms. The van der Waals surface area contributed by atoms with Crippen molar-refractivity contribution in [2.75, 3.05) is 27.3 Å². The predicted octanol–water partition coefficient (Wildman–Crippen LogP) is 1.49. The summed E-state index contributed by atoms with van der Waals surface area (Å²) in [6.45, 7) is 3.81. The number of amides is 1. The number of aryl methyl sites for hydroxylation is 1. The molecule has 20 heavy (non-hydrogen) atoms. The lowest BCUT2D eigenvalue weighted by atomic mass is 10.0. The average molecular weight is 278 g/mol. The van der Waals surface area contributed by atoms with E-state index >= 15 is 0 Å². The van der Waals surface area contributed by atoms with Crippen molar-refractivity contribution in [3.63, 3.8) is 0 Å². The van der Waals surface area contributed by atoms with E-state index in [9.17, 15) is 4.79 Å². The van der Waals surface area contributed by atoms with E-state index < -0.39 is 0 Å². The Morgan fingerprint density at radius 3 is 2.40 bits per heavy atom. The van der Waals surface area contributed by atoms with E-state index in [-0.39, 0.29) is 11.9 Å².